The van der Waals surface area contributed by atoms with Gasteiger partial charge in [-0.25, -0.2) is 4.98 Å². The number of rotatable bonds is 6. The summed E-state index contributed by atoms with van der Waals surface area (Å²) >= 11 is 0. The third-order valence-electron chi connectivity index (χ3n) is 3.59. The average molecular weight is 286 g/mol. The predicted molar refractivity (Wildman–Crippen MR) is 86.3 cm³/mol. The van der Waals surface area contributed by atoms with Crippen LogP contribution in [0.5, 0.6) is 0 Å². The number of fused-ring (bicyclic) bond motifs is 1. The van der Waals surface area contributed by atoms with Crippen molar-refractivity contribution in [3.05, 3.63) is 35.9 Å². The highest BCUT2D eigenvalue weighted by Crippen LogP contribution is 2.19. The van der Waals surface area contributed by atoms with Crippen LogP contribution in [0.3, 0.4) is 0 Å². The maximum atomic E-state index is 12.4. The lowest BCUT2D eigenvalue weighted by atomic mass is 10.1. The summed E-state index contributed by atoms with van der Waals surface area (Å²) in [5, 5.41) is 3.78. The molecule has 1 aromatic carbocycles. The van der Waals surface area contributed by atoms with Crippen LogP contribution >= 0.6 is 0 Å². The summed E-state index contributed by atoms with van der Waals surface area (Å²) < 4.78 is 0. The van der Waals surface area contributed by atoms with Crippen molar-refractivity contribution in [1.82, 2.24) is 15.2 Å². The zero-order valence-corrected chi connectivity index (χ0v) is 12.6. The molecule has 0 bridgehead atoms. The first-order chi connectivity index (χ1) is 10.2. The van der Waals surface area contributed by atoms with Crippen LogP contribution in [0.1, 0.15) is 24.2 Å². The lowest BCUT2D eigenvalue weighted by molar-refractivity contribution is 0.0950. The number of pyridine rings is 1. The Kier molecular flexibility index (Phi) is 5.11. The summed E-state index contributed by atoms with van der Waals surface area (Å²) in [6, 6.07) is 9.16. The third-order valence-corrected chi connectivity index (χ3v) is 3.59. The molecule has 0 saturated heterocycles. The predicted octanol–water partition coefficient (Wildman–Crippen LogP) is 1.89. The van der Waals surface area contributed by atoms with Crippen LogP contribution in [0.25, 0.3) is 10.9 Å². The number of benzene rings is 1. The van der Waals surface area contributed by atoms with Gasteiger partial charge in [-0.2, -0.15) is 0 Å². The first-order valence-electron chi connectivity index (χ1n) is 7.31. The molecular formula is C16H22N4O. The smallest absolute Gasteiger partial charge is 0.252 e. The molecule has 2 aromatic rings. The van der Waals surface area contributed by atoms with Crippen molar-refractivity contribution in [2.45, 2.75) is 13.8 Å². The number of hydrogen-bond donors (Lipinski definition) is 2. The van der Waals surface area contributed by atoms with Crippen LogP contribution in [0.4, 0.5) is 5.82 Å². The van der Waals surface area contributed by atoms with E-state index in [1.54, 1.807) is 6.07 Å². The highest BCUT2D eigenvalue weighted by atomic mass is 16.1. The molecule has 21 heavy (non-hydrogen) atoms. The van der Waals surface area contributed by atoms with E-state index in [1.807, 2.05) is 24.3 Å². The second kappa shape index (κ2) is 7.04. The summed E-state index contributed by atoms with van der Waals surface area (Å²) in [7, 11) is 0. The van der Waals surface area contributed by atoms with E-state index < -0.39 is 0 Å². The van der Waals surface area contributed by atoms with Crippen molar-refractivity contribution >= 4 is 22.6 Å². The Morgan fingerprint density at radius 1 is 1.29 bits per heavy atom. The van der Waals surface area contributed by atoms with Crippen molar-refractivity contribution in [1.29, 1.82) is 0 Å². The Morgan fingerprint density at radius 3 is 2.71 bits per heavy atom. The Labute approximate surface area is 125 Å². The number of nitrogen functional groups attached to an aromatic ring is 1. The molecule has 1 aromatic heterocycles. The van der Waals surface area contributed by atoms with E-state index in [4.69, 9.17) is 5.73 Å². The van der Waals surface area contributed by atoms with Gasteiger partial charge in [-0.15, -0.1) is 0 Å². The first kappa shape index (κ1) is 15.3. The minimum absolute atomic E-state index is 0.104. The van der Waals surface area contributed by atoms with Gasteiger partial charge in [0.2, 0.25) is 0 Å². The molecule has 0 aliphatic heterocycles. The molecule has 1 heterocycles. The summed E-state index contributed by atoms with van der Waals surface area (Å²) in [5.74, 6) is 0.259. The molecule has 0 atom stereocenters. The van der Waals surface area contributed by atoms with Gasteiger partial charge in [0.1, 0.15) is 5.82 Å². The molecule has 0 saturated carbocycles. The van der Waals surface area contributed by atoms with Crippen molar-refractivity contribution in [3.8, 4) is 0 Å². The molecule has 3 N–H and O–H groups in total. The van der Waals surface area contributed by atoms with Crippen LogP contribution in [0, 0.1) is 0 Å². The molecule has 0 aliphatic rings. The lowest BCUT2D eigenvalue weighted by Gasteiger charge is -2.18. The molecular weight excluding hydrogens is 264 g/mol. The van der Waals surface area contributed by atoms with Gasteiger partial charge in [0.25, 0.3) is 5.91 Å². The normalized spacial score (nSPS) is 11.0. The van der Waals surface area contributed by atoms with Crippen molar-refractivity contribution in [2.24, 2.45) is 0 Å². The number of aromatic nitrogens is 1. The summed E-state index contributed by atoms with van der Waals surface area (Å²) in [5.41, 5.74) is 7.11. The largest absolute Gasteiger partial charge is 0.384 e. The van der Waals surface area contributed by atoms with Crippen LogP contribution in [0.15, 0.2) is 30.3 Å². The monoisotopic (exact) mass is 286 g/mol. The van der Waals surface area contributed by atoms with Crippen LogP contribution < -0.4 is 11.1 Å². The topological polar surface area (TPSA) is 71.2 Å². The molecule has 0 fully saturated rings. The van der Waals surface area contributed by atoms with Gasteiger partial charge in [0.05, 0.1) is 11.1 Å². The van der Waals surface area contributed by atoms with Crippen molar-refractivity contribution in [3.63, 3.8) is 0 Å². The van der Waals surface area contributed by atoms with Crippen LogP contribution in [-0.4, -0.2) is 42.0 Å². The van der Waals surface area contributed by atoms with E-state index in [9.17, 15) is 4.79 Å². The fraction of sp³-hybridized carbons (Fsp3) is 0.375. The zero-order chi connectivity index (χ0) is 15.2. The minimum Gasteiger partial charge on any atom is -0.384 e. The fourth-order valence-corrected chi connectivity index (χ4v) is 2.35. The number of para-hydroxylation sites is 1. The maximum absolute atomic E-state index is 12.4. The van der Waals surface area contributed by atoms with Gasteiger partial charge in [-0.05, 0) is 25.2 Å². The molecule has 0 radical (unpaired) electrons. The first-order valence-corrected chi connectivity index (χ1v) is 7.31. The Hall–Kier alpha value is -2.14. The average Bonchev–Trinajstić information content (AvgIpc) is 2.50. The fourth-order valence-electron chi connectivity index (χ4n) is 2.35. The number of nitrogens with two attached hydrogens (primary N) is 1. The molecule has 112 valence electrons. The molecule has 0 unspecified atom stereocenters. The quantitative estimate of drug-likeness (QED) is 0.850. The van der Waals surface area contributed by atoms with Crippen LogP contribution in [-0.2, 0) is 0 Å². The number of amides is 1. The van der Waals surface area contributed by atoms with E-state index in [1.165, 1.54) is 0 Å². The van der Waals surface area contributed by atoms with Gasteiger partial charge in [0, 0.05) is 18.5 Å². The second-order valence-corrected chi connectivity index (χ2v) is 4.89. The summed E-state index contributed by atoms with van der Waals surface area (Å²) in [6.07, 6.45) is 0. The summed E-state index contributed by atoms with van der Waals surface area (Å²) in [6.45, 7) is 7.66. The number of carbonyl (C=O) groups excluding carboxylic acids is 1. The molecule has 0 aliphatic carbocycles. The second-order valence-electron chi connectivity index (χ2n) is 4.89. The number of carbonyl (C=O) groups is 1. The number of likely N-dealkylation sites (N-methyl/N-ethyl adjacent to an activating group) is 1. The molecule has 1 amide bonds. The Morgan fingerprint density at radius 2 is 2.00 bits per heavy atom. The van der Waals surface area contributed by atoms with E-state index >= 15 is 0 Å². The highest BCUT2D eigenvalue weighted by Gasteiger charge is 2.11. The Balaban J connectivity index is 2.12. The number of anilines is 1. The van der Waals surface area contributed by atoms with E-state index in [2.05, 4.69) is 29.0 Å². The maximum Gasteiger partial charge on any atom is 0.252 e. The number of hydrogen-bond acceptors (Lipinski definition) is 4. The molecule has 5 heteroatoms. The Bertz CT molecular complexity index is 623. The molecule has 0 spiro atoms. The lowest BCUT2D eigenvalue weighted by Crippen LogP contribution is -2.34. The van der Waals surface area contributed by atoms with E-state index in [0.717, 1.165) is 30.5 Å². The van der Waals surface area contributed by atoms with Gasteiger partial charge in [-0.3, -0.25) is 4.79 Å². The standard InChI is InChI=1S/C16H22N4O/c1-3-20(4-2)10-9-18-16(21)13-11-15(17)19-14-8-6-5-7-12(13)14/h5-8,11H,3-4,9-10H2,1-2H3,(H2,17,19)(H,18,21). The van der Waals surface area contributed by atoms with Crippen molar-refractivity contribution in [2.75, 3.05) is 31.9 Å². The number of nitrogens with one attached hydrogen (secondary N) is 1. The molecule has 5 nitrogen and oxygen atoms in total. The zero-order valence-electron chi connectivity index (χ0n) is 12.6. The van der Waals surface area contributed by atoms with E-state index in [-0.39, 0.29) is 5.91 Å². The third kappa shape index (κ3) is 3.70. The van der Waals surface area contributed by atoms with Gasteiger partial charge in [0.15, 0.2) is 0 Å². The van der Waals surface area contributed by atoms with Gasteiger partial charge in [-0.1, -0.05) is 32.0 Å². The van der Waals surface area contributed by atoms with E-state index in [0.29, 0.717) is 17.9 Å². The minimum atomic E-state index is -0.104. The SMILES string of the molecule is CCN(CC)CCNC(=O)c1cc(N)nc2ccccc12. The number of nitrogens with zero attached hydrogens (tertiary/aromatic N) is 2. The molecule has 2 rings (SSSR count). The van der Waals surface area contributed by atoms with Crippen molar-refractivity contribution < 1.29 is 4.79 Å². The van der Waals surface area contributed by atoms with Gasteiger partial charge >= 0.3 is 0 Å². The van der Waals surface area contributed by atoms with Crippen LogP contribution in [0.2, 0.25) is 0 Å². The summed E-state index contributed by atoms with van der Waals surface area (Å²) in [4.78, 5) is 18.9. The van der Waals surface area contributed by atoms with Gasteiger partial charge < -0.3 is 16.0 Å². The highest BCUT2D eigenvalue weighted by molar-refractivity contribution is 6.06.